The number of rotatable bonds is 8. The van der Waals surface area contributed by atoms with Crippen LogP contribution in [0.1, 0.15) is 66.9 Å². The largest absolute Gasteiger partial charge is 0.494 e. The maximum Gasteiger partial charge on any atom is 0.341 e. The average molecular weight is 477 g/mol. The van der Waals surface area contributed by atoms with E-state index < -0.39 is 5.97 Å². The van der Waals surface area contributed by atoms with Gasteiger partial charge in [-0.25, -0.2) is 4.79 Å². The molecule has 1 aromatic carbocycles. The van der Waals surface area contributed by atoms with E-state index in [0.717, 1.165) is 16.2 Å². The van der Waals surface area contributed by atoms with E-state index in [-0.39, 0.29) is 29.5 Å². The zero-order valence-corrected chi connectivity index (χ0v) is 21.2. The van der Waals surface area contributed by atoms with Crippen molar-refractivity contribution in [2.75, 3.05) is 18.5 Å². The Labute approximate surface area is 199 Å². The van der Waals surface area contributed by atoms with Crippen molar-refractivity contribution in [3.63, 3.8) is 0 Å². The number of carbonyl (C=O) groups is 2. The van der Waals surface area contributed by atoms with Gasteiger partial charge in [0.2, 0.25) is 5.91 Å². The quantitative estimate of drug-likeness (QED) is 0.297. The van der Waals surface area contributed by atoms with Crippen molar-refractivity contribution in [2.24, 2.45) is 0 Å². The van der Waals surface area contributed by atoms with Crippen molar-refractivity contribution in [1.29, 1.82) is 0 Å². The van der Waals surface area contributed by atoms with E-state index in [2.05, 4.69) is 43.5 Å². The molecule has 0 saturated heterocycles. The standard InChI is InChI=1S/C24H32N2O4S2/c1-7-29-22(28)20-15(2)16(3)32-21(20)26-23(31)25-19(27)9-8-14-30-18-12-10-17(11-13-18)24(4,5)6/h10-13H,7-9,14H2,1-6H3,(H2,25,26,27,31). The molecule has 0 atom stereocenters. The van der Waals surface area contributed by atoms with Crippen LogP contribution in [0.3, 0.4) is 0 Å². The van der Waals surface area contributed by atoms with E-state index in [9.17, 15) is 9.59 Å². The summed E-state index contributed by atoms with van der Waals surface area (Å²) in [5, 5.41) is 6.35. The number of esters is 1. The first-order valence-electron chi connectivity index (χ1n) is 10.6. The topological polar surface area (TPSA) is 76.7 Å². The fourth-order valence-electron chi connectivity index (χ4n) is 2.96. The van der Waals surface area contributed by atoms with E-state index >= 15 is 0 Å². The summed E-state index contributed by atoms with van der Waals surface area (Å²) in [4.78, 5) is 25.5. The predicted octanol–water partition coefficient (Wildman–Crippen LogP) is 5.51. The first-order valence-corrected chi connectivity index (χ1v) is 11.9. The predicted molar refractivity (Wildman–Crippen MR) is 134 cm³/mol. The van der Waals surface area contributed by atoms with Crippen LogP contribution in [-0.2, 0) is 14.9 Å². The van der Waals surface area contributed by atoms with Crippen molar-refractivity contribution in [2.45, 2.75) is 59.8 Å². The number of thiocarbonyl (C=S) groups is 1. The number of benzene rings is 1. The van der Waals surface area contributed by atoms with E-state index in [4.69, 9.17) is 21.7 Å². The fourth-order valence-corrected chi connectivity index (χ4v) is 4.29. The van der Waals surface area contributed by atoms with Gasteiger partial charge in [-0.15, -0.1) is 11.3 Å². The molecule has 0 bridgehead atoms. The Morgan fingerprint density at radius 1 is 1.12 bits per heavy atom. The van der Waals surface area contributed by atoms with Crippen LogP contribution in [-0.4, -0.2) is 30.2 Å². The molecular weight excluding hydrogens is 444 g/mol. The van der Waals surface area contributed by atoms with Crippen LogP contribution in [0.4, 0.5) is 5.00 Å². The highest BCUT2D eigenvalue weighted by Crippen LogP contribution is 2.33. The van der Waals surface area contributed by atoms with Crippen LogP contribution < -0.4 is 15.4 Å². The second-order valence-corrected chi connectivity index (χ2v) is 10.1. The molecule has 0 unspecified atom stereocenters. The van der Waals surface area contributed by atoms with E-state index in [1.165, 1.54) is 16.9 Å². The molecule has 0 radical (unpaired) electrons. The number of ether oxygens (including phenoxy) is 2. The molecule has 2 aromatic rings. The second kappa shape index (κ2) is 11.4. The fraction of sp³-hybridized carbons (Fsp3) is 0.458. The minimum absolute atomic E-state index is 0.0979. The summed E-state index contributed by atoms with van der Waals surface area (Å²) in [6.07, 6.45) is 0.829. The molecule has 0 fully saturated rings. The monoisotopic (exact) mass is 476 g/mol. The van der Waals surface area contributed by atoms with Crippen LogP contribution in [0.15, 0.2) is 24.3 Å². The molecular formula is C24H32N2O4S2. The van der Waals surface area contributed by atoms with Crippen molar-refractivity contribution in [3.05, 3.63) is 45.8 Å². The molecule has 1 heterocycles. The van der Waals surface area contributed by atoms with E-state index in [0.29, 0.717) is 23.6 Å². The number of anilines is 1. The van der Waals surface area contributed by atoms with Gasteiger partial charge in [0.15, 0.2) is 5.11 Å². The Morgan fingerprint density at radius 2 is 1.78 bits per heavy atom. The summed E-state index contributed by atoms with van der Waals surface area (Å²) in [7, 11) is 0. The number of carbonyl (C=O) groups excluding carboxylic acids is 2. The molecule has 0 aliphatic carbocycles. The first-order chi connectivity index (χ1) is 15.0. The van der Waals surface area contributed by atoms with Gasteiger partial charge >= 0.3 is 5.97 Å². The van der Waals surface area contributed by atoms with Crippen molar-refractivity contribution >= 4 is 45.5 Å². The highest BCUT2D eigenvalue weighted by Gasteiger charge is 2.21. The normalized spacial score (nSPS) is 11.1. The summed E-state index contributed by atoms with van der Waals surface area (Å²) >= 11 is 6.65. The van der Waals surface area contributed by atoms with Crippen LogP contribution >= 0.6 is 23.6 Å². The van der Waals surface area contributed by atoms with Gasteiger partial charge in [-0.1, -0.05) is 32.9 Å². The third kappa shape index (κ3) is 7.31. The van der Waals surface area contributed by atoms with Gasteiger partial charge in [-0.2, -0.15) is 0 Å². The molecule has 174 valence electrons. The van der Waals surface area contributed by atoms with Gasteiger partial charge in [0.25, 0.3) is 0 Å². The Bertz CT molecular complexity index is 960. The SMILES string of the molecule is CCOC(=O)c1c(NC(=S)NC(=O)CCCOc2ccc(C(C)(C)C)cc2)sc(C)c1C. The van der Waals surface area contributed by atoms with Crippen LogP contribution in [0, 0.1) is 13.8 Å². The average Bonchev–Trinajstić information content (AvgIpc) is 2.98. The number of amides is 1. The lowest BCUT2D eigenvalue weighted by molar-refractivity contribution is -0.119. The van der Waals surface area contributed by atoms with Gasteiger partial charge in [-0.3, -0.25) is 4.79 Å². The maximum absolute atomic E-state index is 12.3. The number of thiophene rings is 1. The minimum Gasteiger partial charge on any atom is -0.494 e. The number of hydrogen-bond donors (Lipinski definition) is 2. The molecule has 2 N–H and O–H groups in total. The van der Waals surface area contributed by atoms with Crippen LogP contribution in [0.5, 0.6) is 5.75 Å². The molecule has 0 aliphatic heterocycles. The summed E-state index contributed by atoms with van der Waals surface area (Å²) in [6, 6.07) is 8.02. The molecule has 1 amide bonds. The van der Waals surface area contributed by atoms with Crippen molar-refractivity contribution < 1.29 is 19.1 Å². The minimum atomic E-state index is -0.404. The summed E-state index contributed by atoms with van der Waals surface area (Å²) < 4.78 is 10.9. The Hall–Kier alpha value is -2.45. The molecule has 1 aromatic heterocycles. The molecule has 32 heavy (non-hydrogen) atoms. The Balaban J connectivity index is 1.80. The molecule has 2 rings (SSSR count). The zero-order chi connectivity index (χ0) is 23.9. The molecule has 0 saturated carbocycles. The third-order valence-electron chi connectivity index (χ3n) is 4.88. The highest BCUT2D eigenvalue weighted by atomic mass is 32.1. The van der Waals surface area contributed by atoms with Gasteiger partial charge < -0.3 is 20.1 Å². The van der Waals surface area contributed by atoms with Crippen LogP contribution in [0.25, 0.3) is 0 Å². The number of nitrogens with one attached hydrogen (secondary N) is 2. The zero-order valence-electron chi connectivity index (χ0n) is 19.6. The lowest BCUT2D eigenvalue weighted by Crippen LogP contribution is -2.34. The molecule has 8 heteroatoms. The van der Waals surface area contributed by atoms with Crippen molar-refractivity contribution in [3.8, 4) is 5.75 Å². The van der Waals surface area contributed by atoms with E-state index in [1.807, 2.05) is 26.0 Å². The molecule has 0 aliphatic rings. The Morgan fingerprint density at radius 3 is 2.38 bits per heavy atom. The highest BCUT2D eigenvalue weighted by molar-refractivity contribution is 7.80. The smallest absolute Gasteiger partial charge is 0.341 e. The lowest BCUT2D eigenvalue weighted by Gasteiger charge is -2.19. The third-order valence-corrected chi connectivity index (χ3v) is 6.21. The lowest BCUT2D eigenvalue weighted by atomic mass is 9.87. The number of aryl methyl sites for hydroxylation is 1. The first kappa shape index (κ1) is 25.8. The van der Waals surface area contributed by atoms with Gasteiger partial charge in [-0.05, 0) is 68.1 Å². The summed E-state index contributed by atoms with van der Waals surface area (Å²) in [6.45, 7) is 12.8. The maximum atomic E-state index is 12.3. The summed E-state index contributed by atoms with van der Waals surface area (Å²) in [5.74, 6) is 0.168. The second-order valence-electron chi connectivity index (χ2n) is 8.44. The van der Waals surface area contributed by atoms with Crippen molar-refractivity contribution in [1.82, 2.24) is 5.32 Å². The molecule has 6 nitrogen and oxygen atoms in total. The molecule has 0 spiro atoms. The van der Waals surface area contributed by atoms with Gasteiger partial charge in [0, 0.05) is 11.3 Å². The Kier molecular flexibility index (Phi) is 9.21. The number of hydrogen-bond acceptors (Lipinski definition) is 6. The van der Waals surface area contributed by atoms with Gasteiger partial charge in [0.05, 0.1) is 18.8 Å². The van der Waals surface area contributed by atoms with E-state index in [1.54, 1.807) is 6.92 Å². The summed E-state index contributed by atoms with van der Waals surface area (Å²) in [5.41, 5.74) is 2.64. The van der Waals surface area contributed by atoms with Crippen LogP contribution in [0.2, 0.25) is 0 Å². The van der Waals surface area contributed by atoms with Gasteiger partial charge in [0.1, 0.15) is 10.8 Å².